The van der Waals surface area contributed by atoms with Crippen LogP contribution in [0.25, 0.3) is 0 Å². The van der Waals surface area contributed by atoms with Crippen LogP contribution in [-0.2, 0) is 16.4 Å². The molecule has 0 unspecified atom stereocenters. The van der Waals surface area contributed by atoms with Crippen LogP contribution in [0.5, 0.6) is 0 Å². The molecule has 0 amide bonds. The number of rotatable bonds is 2. The third-order valence-electron chi connectivity index (χ3n) is 5.78. The second-order valence-electron chi connectivity index (χ2n) is 10.5. The van der Waals surface area contributed by atoms with Gasteiger partial charge in [0.25, 0.3) is 0 Å². The predicted octanol–water partition coefficient (Wildman–Crippen LogP) is 6.88. The zero-order valence-electron chi connectivity index (χ0n) is 19.9. The van der Waals surface area contributed by atoms with Crippen molar-refractivity contribution < 1.29 is 5.11 Å². The summed E-state index contributed by atoms with van der Waals surface area (Å²) in [7, 11) is 0. The zero-order chi connectivity index (χ0) is 22.9. The molecule has 0 saturated carbocycles. The van der Waals surface area contributed by atoms with Gasteiger partial charge in [0.15, 0.2) is 5.60 Å². The standard InChI is InChI=1S/C30H34O/c1-22-8-10-23(11-9-22)20-21-30(31,26-16-12-24(13-17-26)28(2,3)4)27-18-14-25(15-19-27)29(5,6)7/h8-19,31H,1-7H3. The van der Waals surface area contributed by atoms with Crippen LogP contribution in [0.3, 0.4) is 0 Å². The summed E-state index contributed by atoms with van der Waals surface area (Å²) in [6.45, 7) is 15.2. The second kappa shape index (κ2) is 8.37. The van der Waals surface area contributed by atoms with E-state index in [9.17, 15) is 5.11 Å². The highest BCUT2D eigenvalue weighted by atomic mass is 16.3. The lowest BCUT2D eigenvalue weighted by Crippen LogP contribution is -2.26. The topological polar surface area (TPSA) is 20.2 Å². The third-order valence-corrected chi connectivity index (χ3v) is 5.78. The van der Waals surface area contributed by atoms with Crippen molar-refractivity contribution >= 4 is 0 Å². The van der Waals surface area contributed by atoms with Crippen LogP contribution in [0, 0.1) is 18.8 Å². The molecule has 0 bridgehead atoms. The lowest BCUT2D eigenvalue weighted by molar-refractivity contribution is 0.145. The average molecular weight is 411 g/mol. The fraction of sp³-hybridized carbons (Fsp3) is 0.333. The van der Waals surface area contributed by atoms with Gasteiger partial charge in [-0.25, -0.2) is 0 Å². The first-order chi connectivity index (χ1) is 14.4. The Hall–Kier alpha value is -2.82. The molecule has 3 aromatic rings. The van der Waals surface area contributed by atoms with Crippen molar-refractivity contribution in [3.8, 4) is 11.8 Å². The fourth-order valence-electron chi connectivity index (χ4n) is 3.53. The smallest absolute Gasteiger partial charge is 0.177 e. The number of aliphatic hydroxyl groups is 1. The molecular formula is C30H34O. The van der Waals surface area contributed by atoms with Crippen molar-refractivity contribution in [3.05, 3.63) is 106 Å². The van der Waals surface area contributed by atoms with Crippen molar-refractivity contribution in [2.75, 3.05) is 0 Å². The van der Waals surface area contributed by atoms with Gasteiger partial charge in [0.05, 0.1) is 0 Å². The Bertz CT molecular complexity index is 1020. The summed E-state index contributed by atoms with van der Waals surface area (Å²) in [5, 5.41) is 11.9. The van der Waals surface area contributed by atoms with E-state index in [1.54, 1.807) is 0 Å². The first kappa shape index (κ1) is 22.9. The van der Waals surface area contributed by atoms with Crippen LogP contribution >= 0.6 is 0 Å². The minimum atomic E-state index is -1.39. The summed E-state index contributed by atoms with van der Waals surface area (Å²) in [5.41, 5.74) is 4.82. The van der Waals surface area contributed by atoms with Gasteiger partial charge in [0.1, 0.15) is 0 Å². The largest absolute Gasteiger partial charge is 0.369 e. The number of benzene rings is 3. The fourth-order valence-corrected chi connectivity index (χ4v) is 3.53. The molecule has 0 radical (unpaired) electrons. The summed E-state index contributed by atoms with van der Waals surface area (Å²) in [6.07, 6.45) is 0. The number of aryl methyl sites for hydroxylation is 1. The molecular weight excluding hydrogens is 376 g/mol. The molecule has 0 spiro atoms. The molecule has 1 heteroatoms. The van der Waals surface area contributed by atoms with Crippen LogP contribution in [0.1, 0.15) is 74.9 Å². The van der Waals surface area contributed by atoms with Gasteiger partial charge < -0.3 is 5.11 Å². The Morgan fingerprint density at radius 3 is 1.26 bits per heavy atom. The minimum absolute atomic E-state index is 0.0541. The summed E-state index contributed by atoms with van der Waals surface area (Å²) >= 11 is 0. The summed E-state index contributed by atoms with van der Waals surface area (Å²) in [5.74, 6) is 6.39. The summed E-state index contributed by atoms with van der Waals surface area (Å²) in [4.78, 5) is 0. The van der Waals surface area contributed by atoms with Crippen LogP contribution < -0.4 is 0 Å². The first-order valence-electron chi connectivity index (χ1n) is 10.9. The van der Waals surface area contributed by atoms with Crippen molar-refractivity contribution in [2.45, 2.75) is 64.9 Å². The molecule has 160 valence electrons. The van der Waals surface area contributed by atoms with E-state index < -0.39 is 5.60 Å². The summed E-state index contributed by atoms with van der Waals surface area (Å²) < 4.78 is 0. The molecule has 0 aliphatic carbocycles. The minimum Gasteiger partial charge on any atom is -0.369 e. The van der Waals surface area contributed by atoms with E-state index in [2.05, 4.69) is 84.6 Å². The van der Waals surface area contributed by atoms with Gasteiger partial charge in [-0.3, -0.25) is 0 Å². The van der Waals surface area contributed by atoms with Gasteiger partial charge in [-0.1, -0.05) is 120 Å². The third kappa shape index (κ3) is 5.27. The van der Waals surface area contributed by atoms with Gasteiger partial charge >= 0.3 is 0 Å². The Labute approximate surface area is 188 Å². The van der Waals surface area contributed by atoms with Gasteiger partial charge in [-0.15, -0.1) is 0 Å². The highest BCUT2D eigenvalue weighted by Gasteiger charge is 2.30. The molecule has 31 heavy (non-hydrogen) atoms. The molecule has 0 fully saturated rings. The molecule has 0 aliphatic rings. The molecule has 0 heterocycles. The van der Waals surface area contributed by atoms with E-state index in [4.69, 9.17) is 0 Å². The lowest BCUT2D eigenvalue weighted by atomic mass is 9.81. The first-order valence-corrected chi connectivity index (χ1v) is 10.9. The monoisotopic (exact) mass is 410 g/mol. The molecule has 0 aliphatic heterocycles. The molecule has 0 saturated heterocycles. The van der Waals surface area contributed by atoms with E-state index >= 15 is 0 Å². The highest BCUT2D eigenvalue weighted by molar-refractivity contribution is 5.49. The van der Waals surface area contributed by atoms with E-state index in [1.165, 1.54) is 16.7 Å². The Kier molecular flexibility index (Phi) is 6.17. The maximum Gasteiger partial charge on any atom is 0.177 e. The molecule has 3 rings (SSSR count). The van der Waals surface area contributed by atoms with Crippen molar-refractivity contribution in [1.82, 2.24) is 0 Å². The SMILES string of the molecule is Cc1ccc(C#CC(O)(c2ccc(C(C)(C)C)cc2)c2ccc(C(C)(C)C)cc2)cc1. The van der Waals surface area contributed by atoms with E-state index in [1.807, 2.05) is 48.5 Å². The van der Waals surface area contributed by atoms with Crippen molar-refractivity contribution in [2.24, 2.45) is 0 Å². The summed E-state index contributed by atoms with van der Waals surface area (Å²) in [6, 6.07) is 24.5. The molecule has 3 aromatic carbocycles. The van der Waals surface area contributed by atoms with Crippen LogP contribution in [0.15, 0.2) is 72.8 Å². The van der Waals surface area contributed by atoms with Gasteiger partial charge in [-0.05, 0) is 41.0 Å². The van der Waals surface area contributed by atoms with Crippen LogP contribution in [0.2, 0.25) is 0 Å². The maximum absolute atomic E-state index is 11.9. The number of hydrogen-bond donors (Lipinski definition) is 1. The number of hydrogen-bond acceptors (Lipinski definition) is 1. The normalized spacial score (nSPS) is 12.3. The zero-order valence-corrected chi connectivity index (χ0v) is 19.9. The van der Waals surface area contributed by atoms with Crippen LogP contribution in [0.4, 0.5) is 0 Å². The predicted molar refractivity (Wildman–Crippen MR) is 131 cm³/mol. The molecule has 1 N–H and O–H groups in total. The van der Waals surface area contributed by atoms with Crippen LogP contribution in [-0.4, -0.2) is 5.11 Å². The second-order valence-corrected chi connectivity index (χ2v) is 10.5. The van der Waals surface area contributed by atoms with Gasteiger partial charge in [-0.2, -0.15) is 0 Å². The maximum atomic E-state index is 11.9. The Morgan fingerprint density at radius 2 is 0.903 bits per heavy atom. The molecule has 0 atom stereocenters. The Balaban J connectivity index is 2.10. The average Bonchev–Trinajstić information content (AvgIpc) is 2.72. The quantitative estimate of drug-likeness (QED) is 0.457. The van der Waals surface area contributed by atoms with Crippen molar-refractivity contribution in [1.29, 1.82) is 0 Å². The Morgan fingerprint density at radius 1 is 0.548 bits per heavy atom. The van der Waals surface area contributed by atoms with E-state index in [-0.39, 0.29) is 10.8 Å². The van der Waals surface area contributed by atoms with E-state index in [0.717, 1.165) is 16.7 Å². The van der Waals surface area contributed by atoms with Gasteiger partial charge in [0, 0.05) is 16.7 Å². The molecule has 0 aromatic heterocycles. The van der Waals surface area contributed by atoms with Crippen molar-refractivity contribution in [3.63, 3.8) is 0 Å². The lowest BCUT2D eigenvalue weighted by Gasteiger charge is -2.27. The highest BCUT2D eigenvalue weighted by Crippen LogP contribution is 2.33. The van der Waals surface area contributed by atoms with Gasteiger partial charge in [0.2, 0.25) is 0 Å². The molecule has 1 nitrogen and oxygen atoms in total. The van der Waals surface area contributed by atoms with E-state index in [0.29, 0.717) is 0 Å².